The molecule has 0 fully saturated rings. The maximum Gasteiger partial charge on any atom is 0.0713 e. The highest BCUT2D eigenvalue weighted by atomic mass is 79.9. The van der Waals surface area contributed by atoms with Gasteiger partial charge in [0.2, 0.25) is 0 Å². The summed E-state index contributed by atoms with van der Waals surface area (Å²) in [5.41, 5.74) is 8.42. The van der Waals surface area contributed by atoms with E-state index < -0.39 is 0 Å². The van der Waals surface area contributed by atoms with Gasteiger partial charge in [-0.25, -0.2) is 0 Å². The van der Waals surface area contributed by atoms with Crippen LogP contribution in [0, 0.1) is 0 Å². The lowest BCUT2D eigenvalue weighted by molar-refractivity contribution is 0.631. The molecule has 1 atom stereocenters. The Balaban J connectivity index is 2.01. The molecule has 0 amide bonds. The molecule has 0 saturated heterocycles. The summed E-state index contributed by atoms with van der Waals surface area (Å²) in [4.78, 5) is 4.36. The predicted molar refractivity (Wildman–Crippen MR) is 79.2 cm³/mol. The van der Waals surface area contributed by atoms with Crippen LogP contribution in [0.3, 0.4) is 0 Å². The van der Waals surface area contributed by atoms with Crippen molar-refractivity contribution in [3.05, 3.63) is 49.3 Å². The molecular weight excluding hydrogens is 364 g/mol. The molecule has 90 valence electrons. The van der Waals surface area contributed by atoms with Crippen LogP contribution >= 0.6 is 43.2 Å². The smallest absolute Gasteiger partial charge is 0.0713 e. The van der Waals surface area contributed by atoms with Gasteiger partial charge in [0, 0.05) is 21.2 Å². The second kappa shape index (κ2) is 6.09. The molecule has 0 aliphatic heterocycles. The van der Waals surface area contributed by atoms with Crippen molar-refractivity contribution in [3.63, 3.8) is 0 Å². The van der Waals surface area contributed by atoms with E-state index in [1.807, 2.05) is 6.07 Å². The minimum atomic E-state index is -0.0302. The van der Waals surface area contributed by atoms with Crippen molar-refractivity contribution in [1.29, 1.82) is 0 Å². The molecule has 0 aliphatic carbocycles. The van der Waals surface area contributed by atoms with Crippen molar-refractivity contribution in [2.45, 2.75) is 18.9 Å². The summed E-state index contributed by atoms with van der Waals surface area (Å²) in [7, 11) is 0. The number of hydrogen-bond acceptors (Lipinski definition) is 3. The van der Waals surface area contributed by atoms with Crippen molar-refractivity contribution < 1.29 is 0 Å². The van der Waals surface area contributed by atoms with Gasteiger partial charge in [-0.3, -0.25) is 4.98 Å². The van der Waals surface area contributed by atoms with Crippen LogP contribution in [0.1, 0.15) is 23.7 Å². The van der Waals surface area contributed by atoms with Crippen molar-refractivity contribution in [2.75, 3.05) is 0 Å². The highest BCUT2D eigenvalue weighted by Crippen LogP contribution is 2.26. The molecule has 0 aromatic carbocycles. The molecule has 2 N–H and O–H groups in total. The van der Waals surface area contributed by atoms with E-state index >= 15 is 0 Å². The molecule has 2 heterocycles. The van der Waals surface area contributed by atoms with Gasteiger partial charge in [0.05, 0.1) is 5.69 Å². The minimum Gasteiger partial charge on any atom is -0.323 e. The quantitative estimate of drug-likeness (QED) is 0.864. The molecule has 2 aromatic rings. The molecule has 0 radical (unpaired) electrons. The highest BCUT2D eigenvalue weighted by molar-refractivity contribution is 9.11. The average molecular weight is 376 g/mol. The molecule has 0 saturated carbocycles. The van der Waals surface area contributed by atoms with Crippen LogP contribution in [-0.4, -0.2) is 4.98 Å². The Morgan fingerprint density at radius 1 is 1.41 bits per heavy atom. The lowest BCUT2D eigenvalue weighted by Crippen LogP contribution is -2.13. The molecule has 2 nitrogen and oxygen atoms in total. The zero-order valence-corrected chi connectivity index (χ0v) is 13.1. The molecular formula is C12H12Br2N2S. The first kappa shape index (κ1) is 13.2. The summed E-state index contributed by atoms with van der Waals surface area (Å²) in [5.74, 6) is 0. The molecule has 1 unspecified atom stereocenters. The van der Waals surface area contributed by atoms with Crippen molar-refractivity contribution in [2.24, 2.45) is 5.73 Å². The second-order valence-electron chi connectivity index (χ2n) is 3.80. The monoisotopic (exact) mass is 374 g/mol. The van der Waals surface area contributed by atoms with E-state index in [9.17, 15) is 0 Å². The molecule has 0 aliphatic rings. The number of rotatable bonds is 4. The van der Waals surface area contributed by atoms with E-state index in [0.29, 0.717) is 0 Å². The van der Waals surface area contributed by atoms with Crippen molar-refractivity contribution >= 4 is 43.2 Å². The molecule has 17 heavy (non-hydrogen) atoms. The summed E-state index contributed by atoms with van der Waals surface area (Å²) in [5, 5.41) is 4.26. The van der Waals surface area contributed by atoms with Gasteiger partial charge in [0.1, 0.15) is 0 Å². The lowest BCUT2D eigenvalue weighted by atomic mass is 10.1. The number of aryl methyl sites for hydroxylation is 1. The van der Waals surface area contributed by atoms with Crippen LogP contribution in [-0.2, 0) is 6.42 Å². The number of nitrogens with two attached hydrogens (primary N) is 1. The minimum absolute atomic E-state index is 0.0302. The van der Waals surface area contributed by atoms with Gasteiger partial charge in [0.15, 0.2) is 0 Å². The summed E-state index contributed by atoms with van der Waals surface area (Å²) in [6.07, 6.45) is 3.68. The summed E-state index contributed by atoms with van der Waals surface area (Å²) in [6.45, 7) is 0. The zero-order chi connectivity index (χ0) is 12.3. The molecule has 0 bridgehead atoms. The van der Waals surface area contributed by atoms with Crippen LogP contribution in [0.4, 0.5) is 0 Å². The Morgan fingerprint density at radius 2 is 2.24 bits per heavy atom. The maximum absolute atomic E-state index is 6.16. The van der Waals surface area contributed by atoms with Gasteiger partial charge in [0.25, 0.3) is 0 Å². The number of aromatic nitrogens is 1. The Kier molecular flexibility index (Phi) is 4.73. The number of halogens is 2. The van der Waals surface area contributed by atoms with Crippen LogP contribution in [0.5, 0.6) is 0 Å². The Bertz CT molecular complexity index is 485. The Morgan fingerprint density at radius 3 is 2.88 bits per heavy atom. The number of pyridine rings is 1. The third-order valence-corrected chi connectivity index (χ3v) is 4.31. The van der Waals surface area contributed by atoms with Crippen LogP contribution in [0.25, 0.3) is 0 Å². The van der Waals surface area contributed by atoms with Gasteiger partial charge in [-0.2, -0.15) is 11.3 Å². The molecule has 2 rings (SSSR count). The van der Waals surface area contributed by atoms with E-state index in [-0.39, 0.29) is 6.04 Å². The number of thiophene rings is 1. The van der Waals surface area contributed by atoms with E-state index in [1.54, 1.807) is 17.5 Å². The number of nitrogens with zero attached hydrogens (tertiary/aromatic N) is 1. The van der Waals surface area contributed by atoms with E-state index in [1.165, 1.54) is 5.56 Å². The van der Waals surface area contributed by atoms with E-state index in [2.05, 4.69) is 53.7 Å². The van der Waals surface area contributed by atoms with Gasteiger partial charge < -0.3 is 5.73 Å². The van der Waals surface area contributed by atoms with Gasteiger partial charge in [-0.1, -0.05) is 0 Å². The van der Waals surface area contributed by atoms with Crippen molar-refractivity contribution in [3.8, 4) is 0 Å². The summed E-state index contributed by atoms with van der Waals surface area (Å²) >= 11 is 8.60. The van der Waals surface area contributed by atoms with Crippen LogP contribution in [0.15, 0.2) is 38.0 Å². The van der Waals surface area contributed by atoms with Gasteiger partial charge in [-0.05, 0) is 73.2 Å². The summed E-state index contributed by atoms with van der Waals surface area (Å²) < 4.78 is 1.92. The van der Waals surface area contributed by atoms with E-state index in [4.69, 9.17) is 5.73 Å². The fourth-order valence-corrected chi connectivity index (χ4v) is 3.58. The highest BCUT2D eigenvalue weighted by Gasteiger charge is 2.12. The lowest BCUT2D eigenvalue weighted by Gasteiger charge is -2.12. The fraction of sp³-hybridized carbons (Fsp3) is 0.250. The van der Waals surface area contributed by atoms with Crippen LogP contribution in [0.2, 0.25) is 0 Å². The molecule has 2 aromatic heterocycles. The molecule has 0 spiro atoms. The largest absolute Gasteiger partial charge is 0.323 e. The first-order valence-corrected chi connectivity index (χ1v) is 7.77. The average Bonchev–Trinajstić information content (AvgIpc) is 2.78. The SMILES string of the molecule is NC(CCc1ccsc1)c1ncc(Br)cc1Br. The van der Waals surface area contributed by atoms with Gasteiger partial charge >= 0.3 is 0 Å². The Hall–Kier alpha value is -0.230. The van der Waals surface area contributed by atoms with Crippen LogP contribution < -0.4 is 5.73 Å². The van der Waals surface area contributed by atoms with Crippen molar-refractivity contribution in [1.82, 2.24) is 4.98 Å². The maximum atomic E-state index is 6.16. The first-order chi connectivity index (χ1) is 8.16. The normalized spacial score (nSPS) is 12.6. The fourth-order valence-electron chi connectivity index (χ4n) is 1.59. The third-order valence-electron chi connectivity index (χ3n) is 2.51. The van der Waals surface area contributed by atoms with Gasteiger partial charge in [-0.15, -0.1) is 0 Å². The topological polar surface area (TPSA) is 38.9 Å². The third kappa shape index (κ3) is 3.61. The predicted octanol–water partition coefficient (Wildman–Crippen LogP) is 4.30. The zero-order valence-electron chi connectivity index (χ0n) is 9.07. The Labute approximate surface area is 122 Å². The molecule has 5 heteroatoms. The standard InChI is InChI=1S/C12H12Br2N2S/c13-9-5-10(14)12(16-6-9)11(15)2-1-8-3-4-17-7-8/h3-7,11H,1-2,15H2. The number of hydrogen-bond donors (Lipinski definition) is 1. The first-order valence-electron chi connectivity index (χ1n) is 5.24. The summed E-state index contributed by atoms with van der Waals surface area (Å²) in [6, 6.07) is 4.09. The second-order valence-corrected chi connectivity index (χ2v) is 6.35. The van der Waals surface area contributed by atoms with E-state index in [0.717, 1.165) is 27.5 Å².